The molecule has 0 N–H and O–H groups in total. The highest BCUT2D eigenvalue weighted by Gasteiger charge is 2.69. The molecular formula is C43H34F3IN2. The maximum atomic E-state index is 17.6. The molecule has 0 radical (unpaired) electrons. The average Bonchev–Trinajstić information content (AvgIpc) is 3.65. The van der Waals surface area contributed by atoms with E-state index in [-0.39, 0.29) is 19.3 Å². The first-order valence-corrected chi connectivity index (χ1v) is 19.4. The number of aromatic nitrogens is 2. The van der Waals surface area contributed by atoms with E-state index in [1.54, 1.807) is 24.3 Å². The Labute approximate surface area is 293 Å². The molecule has 2 heterocycles. The van der Waals surface area contributed by atoms with Gasteiger partial charge in [0.15, 0.2) is 3.68 Å². The Bertz CT molecular complexity index is 2380. The summed E-state index contributed by atoms with van der Waals surface area (Å²) in [4.78, 5) is 0. The van der Waals surface area contributed by atoms with Gasteiger partial charge < -0.3 is 9.13 Å². The van der Waals surface area contributed by atoms with Gasteiger partial charge in [-0.05, 0) is 90.9 Å². The molecule has 2 aliphatic carbocycles. The first-order valence-electron chi connectivity index (χ1n) is 16.8. The molecule has 2 aromatic heterocycles. The van der Waals surface area contributed by atoms with Crippen LogP contribution in [-0.4, -0.2) is 23.2 Å². The number of halogens is 4. The number of nitrogens with zero attached hydrogens (tertiary/aromatic N) is 2. The molecular weight excluding hydrogens is 728 g/mol. The number of aryl methyl sites for hydroxylation is 1. The normalized spacial score (nSPS) is 21.8. The highest BCUT2D eigenvalue weighted by atomic mass is 127. The minimum Gasteiger partial charge on any atom is -0.310 e. The van der Waals surface area contributed by atoms with E-state index < -0.39 is 35.7 Å². The molecule has 5 aromatic carbocycles. The Morgan fingerprint density at radius 3 is 1.67 bits per heavy atom. The van der Waals surface area contributed by atoms with Gasteiger partial charge in [-0.25, -0.2) is 13.2 Å². The first-order chi connectivity index (χ1) is 23.9. The fourth-order valence-electron chi connectivity index (χ4n) is 8.74. The first kappa shape index (κ1) is 30.6. The predicted octanol–water partition coefficient (Wildman–Crippen LogP) is 11.9. The third-order valence-electron chi connectivity index (χ3n) is 10.8. The van der Waals surface area contributed by atoms with Gasteiger partial charge in [0.05, 0.1) is 16.6 Å². The highest BCUT2D eigenvalue weighted by molar-refractivity contribution is 14.2. The zero-order valence-electron chi connectivity index (χ0n) is 26.9. The van der Waals surface area contributed by atoms with E-state index in [1.165, 1.54) is 10.9 Å². The van der Waals surface area contributed by atoms with Gasteiger partial charge in [-0.15, -0.1) is 0 Å². The molecule has 0 aliphatic heterocycles. The zero-order chi connectivity index (χ0) is 33.4. The molecule has 7 aromatic rings. The molecule has 0 spiro atoms. The lowest BCUT2D eigenvalue weighted by Gasteiger charge is -2.52. The fourth-order valence-corrected chi connectivity index (χ4v) is 11.1. The number of para-hydroxylation sites is 3. The second kappa shape index (κ2) is 11.3. The number of rotatable bonds is 5. The molecule has 49 heavy (non-hydrogen) atoms. The van der Waals surface area contributed by atoms with E-state index in [9.17, 15) is 0 Å². The van der Waals surface area contributed by atoms with Gasteiger partial charge in [-0.1, -0.05) is 110 Å². The summed E-state index contributed by atoms with van der Waals surface area (Å²) in [5.41, 5.74) is 5.70. The van der Waals surface area contributed by atoms with Crippen LogP contribution in [0.25, 0.3) is 50.2 Å². The van der Waals surface area contributed by atoms with Gasteiger partial charge in [-0.3, -0.25) is 0 Å². The molecule has 2 atom stereocenters. The standard InChI is InChI=1S/C43H34F3IN2/c1-47-42(46)28-10-27-41(44,45)43(42,29-19-23-31(24-20-29)48-37-15-6-2-11-33(37)34-12-3-7-16-38(34)48)30-21-25-32(26-22-30)49-39-17-8-4-13-35(39)36-14-5-9-18-40(36)49/h2-4,6-9,11-13,15-26H,1,5,10,14,27-28H2. The van der Waals surface area contributed by atoms with Crippen LogP contribution in [0.4, 0.5) is 13.2 Å². The number of hydrogen-bond acceptors (Lipinski definition) is 0. The van der Waals surface area contributed by atoms with Crippen LogP contribution >= 0.6 is 20.7 Å². The van der Waals surface area contributed by atoms with Gasteiger partial charge in [0.25, 0.3) is 5.92 Å². The maximum Gasteiger partial charge on any atom is 0.265 e. The summed E-state index contributed by atoms with van der Waals surface area (Å²) in [6, 6.07) is 39.2. The van der Waals surface area contributed by atoms with Crippen molar-refractivity contribution >= 4 is 64.0 Å². The largest absolute Gasteiger partial charge is 0.310 e. The number of allylic oxidation sites excluding steroid dienone is 1. The molecule has 0 amide bonds. The number of alkyl halides is 4. The summed E-state index contributed by atoms with van der Waals surface area (Å²) < 4.78 is 57.6. The van der Waals surface area contributed by atoms with Gasteiger partial charge in [0.2, 0.25) is 0 Å². The van der Waals surface area contributed by atoms with Gasteiger partial charge >= 0.3 is 0 Å². The number of hydrogen-bond donors (Lipinski definition) is 0. The molecule has 1 saturated carbocycles. The minimum absolute atomic E-state index is 0.0658. The van der Waals surface area contributed by atoms with E-state index in [1.807, 2.05) is 54.6 Å². The lowest BCUT2D eigenvalue weighted by molar-refractivity contribution is -0.125. The van der Waals surface area contributed by atoms with Crippen molar-refractivity contribution in [2.75, 3.05) is 0 Å². The number of benzene rings is 5. The van der Waals surface area contributed by atoms with Crippen LogP contribution in [0.2, 0.25) is 0 Å². The SMILES string of the molecule is C=IC1(F)CCCC(F)(F)C1(c1ccc(-n2c3c(c4ccccc42)CCC=C3)cc1)c1ccc(-n2c3ccccc3c3ccccc32)cc1. The van der Waals surface area contributed by atoms with Gasteiger partial charge in [-0.2, -0.15) is 0 Å². The van der Waals surface area contributed by atoms with Crippen LogP contribution in [0.3, 0.4) is 0 Å². The quantitative estimate of drug-likeness (QED) is 0.122. The molecule has 0 saturated heterocycles. The van der Waals surface area contributed by atoms with Gasteiger partial charge in [0, 0.05) is 39.6 Å². The third kappa shape index (κ3) is 4.28. The number of fused-ring (bicyclic) bond motifs is 6. The predicted molar refractivity (Wildman–Crippen MR) is 206 cm³/mol. The summed E-state index contributed by atoms with van der Waals surface area (Å²) in [7, 11) is 0. The van der Waals surface area contributed by atoms with Crippen molar-refractivity contribution in [1.29, 1.82) is 0 Å². The van der Waals surface area contributed by atoms with Crippen molar-refractivity contribution < 1.29 is 13.2 Å². The Kier molecular flexibility index (Phi) is 7.06. The summed E-state index contributed by atoms with van der Waals surface area (Å²) in [6.45, 7) is 0. The van der Waals surface area contributed by atoms with Crippen molar-refractivity contribution in [2.45, 2.75) is 47.1 Å². The van der Waals surface area contributed by atoms with E-state index in [0.29, 0.717) is 11.1 Å². The summed E-state index contributed by atoms with van der Waals surface area (Å²) in [5.74, 6) is -3.32. The fraction of sp³-hybridized carbons (Fsp3) is 0.186. The van der Waals surface area contributed by atoms with Crippen LogP contribution in [0.15, 0.2) is 127 Å². The molecule has 2 aliphatic rings. The Balaban J connectivity index is 1.22. The van der Waals surface area contributed by atoms with Crippen LogP contribution in [-0.2, 0) is 11.8 Å². The van der Waals surface area contributed by atoms with Gasteiger partial charge in [0.1, 0.15) is 5.41 Å². The Morgan fingerprint density at radius 1 is 0.592 bits per heavy atom. The summed E-state index contributed by atoms with van der Waals surface area (Å²) >= 11 is -1.48. The van der Waals surface area contributed by atoms with Crippen LogP contribution in [0, 0.1) is 0 Å². The monoisotopic (exact) mass is 762 g/mol. The van der Waals surface area contributed by atoms with Crippen LogP contribution < -0.4 is 0 Å². The second-order valence-electron chi connectivity index (χ2n) is 13.3. The summed E-state index contributed by atoms with van der Waals surface area (Å²) in [5, 5.41) is 3.44. The lowest BCUT2D eigenvalue weighted by Crippen LogP contribution is -2.60. The molecule has 2 unspecified atom stereocenters. The van der Waals surface area contributed by atoms with E-state index in [0.717, 1.165) is 57.2 Å². The highest BCUT2D eigenvalue weighted by Crippen LogP contribution is 2.64. The van der Waals surface area contributed by atoms with Crippen molar-refractivity contribution in [1.82, 2.24) is 9.13 Å². The van der Waals surface area contributed by atoms with Crippen LogP contribution in [0.5, 0.6) is 0 Å². The zero-order valence-corrected chi connectivity index (χ0v) is 29.0. The summed E-state index contributed by atoms with van der Waals surface area (Å²) in [6.07, 6.45) is 6.10. The molecule has 244 valence electrons. The second-order valence-corrected chi connectivity index (χ2v) is 15.7. The minimum atomic E-state index is -3.32. The van der Waals surface area contributed by atoms with Crippen molar-refractivity contribution in [2.24, 2.45) is 0 Å². The smallest absolute Gasteiger partial charge is 0.265 e. The van der Waals surface area contributed by atoms with E-state index >= 15 is 13.2 Å². The lowest BCUT2D eigenvalue weighted by atomic mass is 9.61. The molecule has 0 bridgehead atoms. The van der Waals surface area contributed by atoms with E-state index in [2.05, 4.69) is 68.3 Å². The molecule has 2 nitrogen and oxygen atoms in total. The average molecular weight is 763 g/mol. The Morgan fingerprint density at radius 2 is 1.10 bits per heavy atom. The van der Waals surface area contributed by atoms with Crippen molar-refractivity contribution in [3.05, 3.63) is 150 Å². The van der Waals surface area contributed by atoms with Crippen LogP contribution in [0.1, 0.15) is 48.1 Å². The van der Waals surface area contributed by atoms with Crippen molar-refractivity contribution in [3.8, 4) is 11.4 Å². The maximum absolute atomic E-state index is 17.6. The van der Waals surface area contributed by atoms with E-state index in [4.69, 9.17) is 0 Å². The molecule has 1 fully saturated rings. The van der Waals surface area contributed by atoms with Crippen molar-refractivity contribution in [3.63, 3.8) is 0 Å². The third-order valence-corrected chi connectivity index (χ3v) is 13.4. The Hall–Kier alpha value is -4.43. The molecule has 6 heteroatoms. The molecule has 9 rings (SSSR count). The topological polar surface area (TPSA) is 9.86 Å².